The zero-order valence-electron chi connectivity index (χ0n) is 12.1. The van der Waals surface area contributed by atoms with Crippen molar-refractivity contribution in [1.82, 2.24) is 0 Å². The largest absolute Gasteiger partial charge is 0.456 e. The van der Waals surface area contributed by atoms with E-state index < -0.39 is 0 Å². The molecule has 2 saturated carbocycles. The van der Waals surface area contributed by atoms with E-state index in [0.29, 0.717) is 11.8 Å². The van der Waals surface area contributed by atoms with Crippen molar-refractivity contribution in [2.45, 2.75) is 63.1 Å². The molecule has 3 nitrogen and oxygen atoms in total. The zero-order valence-corrected chi connectivity index (χ0v) is 12.1. The Balaban J connectivity index is 1.48. The summed E-state index contributed by atoms with van der Waals surface area (Å²) in [5.41, 5.74) is -0.293. The molecule has 20 heavy (non-hydrogen) atoms. The average Bonchev–Trinajstić information content (AvgIpc) is 3.22. The quantitative estimate of drug-likeness (QED) is 0.586. The molecule has 4 rings (SSSR count). The van der Waals surface area contributed by atoms with Crippen LogP contribution < -0.4 is 0 Å². The van der Waals surface area contributed by atoms with Gasteiger partial charge in [0.15, 0.2) is 0 Å². The maximum absolute atomic E-state index is 12.6. The molecular weight excluding hydrogens is 252 g/mol. The summed E-state index contributed by atoms with van der Waals surface area (Å²) in [5, 5.41) is 0. The lowest BCUT2D eigenvalue weighted by Gasteiger charge is -2.35. The van der Waals surface area contributed by atoms with E-state index in [1.165, 1.54) is 12.8 Å². The molecule has 0 aromatic carbocycles. The van der Waals surface area contributed by atoms with Crippen LogP contribution in [0.1, 0.15) is 51.4 Å². The van der Waals surface area contributed by atoms with Crippen LogP contribution in [0, 0.1) is 17.8 Å². The van der Waals surface area contributed by atoms with E-state index in [2.05, 4.69) is 12.2 Å². The molecule has 0 radical (unpaired) electrons. The number of hydrogen-bond donors (Lipinski definition) is 0. The number of ether oxygens (including phenoxy) is 2. The van der Waals surface area contributed by atoms with Crippen LogP contribution in [-0.2, 0) is 14.3 Å². The molecule has 4 aliphatic rings. The fourth-order valence-electron chi connectivity index (χ4n) is 4.78. The van der Waals surface area contributed by atoms with E-state index in [-0.39, 0.29) is 23.6 Å². The molecule has 110 valence electrons. The molecule has 4 unspecified atom stereocenters. The second-order valence-electron chi connectivity index (χ2n) is 7.08. The SMILES string of the molecule is O=C(OC1(C2CCCO2)CCCC1)C1CC2C=CC1C2. The first-order valence-electron chi connectivity index (χ1n) is 8.30. The standard InChI is InChI=1S/C17H24O3/c18-16(14-11-12-5-6-13(14)10-12)20-17(7-1-2-8-17)15-4-3-9-19-15/h5-6,12-15H,1-4,7-11H2. The summed E-state index contributed by atoms with van der Waals surface area (Å²) in [6.07, 6.45) is 13.3. The summed E-state index contributed by atoms with van der Waals surface area (Å²) in [6.45, 7) is 0.834. The maximum atomic E-state index is 12.6. The number of carbonyl (C=O) groups is 1. The Morgan fingerprint density at radius 3 is 2.60 bits per heavy atom. The van der Waals surface area contributed by atoms with Gasteiger partial charge in [-0.25, -0.2) is 0 Å². The van der Waals surface area contributed by atoms with E-state index in [1.54, 1.807) is 0 Å². The smallest absolute Gasteiger partial charge is 0.310 e. The van der Waals surface area contributed by atoms with Crippen molar-refractivity contribution in [1.29, 1.82) is 0 Å². The lowest BCUT2D eigenvalue weighted by atomic mass is 9.90. The van der Waals surface area contributed by atoms with Crippen LogP contribution in [-0.4, -0.2) is 24.3 Å². The number of rotatable bonds is 3. The van der Waals surface area contributed by atoms with Gasteiger partial charge in [-0.1, -0.05) is 12.2 Å². The molecule has 0 aromatic heterocycles. The second-order valence-corrected chi connectivity index (χ2v) is 7.08. The Kier molecular flexibility index (Phi) is 3.13. The molecule has 3 heteroatoms. The van der Waals surface area contributed by atoms with Crippen molar-refractivity contribution in [3.05, 3.63) is 12.2 Å². The van der Waals surface area contributed by atoms with Crippen LogP contribution in [0.25, 0.3) is 0 Å². The molecule has 3 fully saturated rings. The third-order valence-electron chi connectivity index (χ3n) is 5.85. The number of allylic oxidation sites excluding steroid dienone is 2. The second kappa shape index (κ2) is 4.87. The van der Waals surface area contributed by atoms with Crippen LogP contribution in [0.15, 0.2) is 12.2 Å². The van der Waals surface area contributed by atoms with Gasteiger partial charge in [-0.05, 0) is 63.2 Å². The fraction of sp³-hybridized carbons (Fsp3) is 0.824. The number of carbonyl (C=O) groups excluding carboxylic acids is 1. The highest BCUT2D eigenvalue weighted by atomic mass is 16.6. The summed E-state index contributed by atoms with van der Waals surface area (Å²) < 4.78 is 12.0. The highest BCUT2D eigenvalue weighted by Crippen LogP contribution is 2.47. The van der Waals surface area contributed by atoms with Crippen molar-refractivity contribution in [2.75, 3.05) is 6.61 Å². The Morgan fingerprint density at radius 2 is 2.00 bits per heavy atom. The van der Waals surface area contributed by atoms with E-state index in [4.69, 9.17) is 9.47 Å². The van der Waals surface area contributed by atoms with Crippen LogP contribution >= 0.6 is 0 Å². The first-order valence-corrected chi connectivity index (χ1v) is 8.30. The van der Waals surface area contributed by atoms with E-state index in [9.17, 15) is 4.79 Å². The van der Waals surface area contributed by atoms with Crippen LogP contribution in [0.4, 0.5) is 0 Å². The van der Waals surface area contributed by atoms with Gasteiger partial charge in [0, 0.05) is 6.61 Å². The number of hydrogen-bond acceptors (Lipinski definition) is 3. The molecule has 0 amide bonds. The summed E-state index contributed by atoms with van der Waals surface area (Å²) in [5.74, 6) is 1.23. The van der Waals surface area contributed by atoms with Gasteiger partial charge in [0.2, 0.25) is 0 Å². The van der Waals surface area contributed by atoms with Gasteiger partial charge in [0.1, 0.15) is 5.60 Å². The van der Waals surface area contributed by atoms with E-state index in [0.717, 1.165) is 45.1 Å². The Morgan fingerprint density at radius 1 is 1.15 bits per heavy atom. The van der Waals surface area contributed by atoms with Crippen molar-refractivity contribution in [2.24, 2.45) is 17.8 Å². The third-order valence-corrected chi connectivity index (χ3v) is 5.85. The summed E-state index contributed by atoms with van der Waals surface area (Å²) in [4.78, 5) is 12.6. The average molecular weight is 276 g/mol. The maximum Gasteiger partial charge on any atom is 0.310 e. The van der Waals surface area contributed by atoms with Gasteiger partial charge >= 0.3 is 5.97 Å². The lowest BCUT2D eigenvalue weighted by Crippen LogP contribution is -2.45. The minimum absolute atomic E-state index is 0.0549. The molecular formula is C17H24O3. The van der Waals surface area contributed by atoms with Crippen LogP contribution in [0.2, 0.25) is 0 Å². The minimum atomic E-state index is -0.293. The minimum Gasteiger partial charge on any atom is -0.456 e. The highest BCUT2D eigenvalue weighted by Gasteiger charge is 2.49. The molecule has 0 N–H and O–H groups in total. The monoisotopic (exact) mass is 276 g/mol. The van der Waals surface area contributed by atoms with Crippen LogP contribution in [0.5, 0.6) is 0 Å². The van der Waals surface area contributed by atoms with E-state index >= 15 is 0 Å². The molecule has 0 spiro atoms. The van der Waals surface area contributed by atoms with Crippen molar-refractivity contribution in [3.63, 3.8) is 0 Å². The van der Waals surface area contributed by atoms with Crippen molar-refractivity contribution < 1.29 is 14.3 Å². The molecule has 0 aromatic rings. The van der Waals surface area contributed by atoms with Gasteiger partial charge < -0.3 is 9.47 Å². The summed E-state index contributed by atoms with van der Waals surface area (Å²) in [7, 11) is 0. The van der Waals surface area contributed by atoms with Crippen molar-refractivity contribution in [3.8, 4) is 0 Å². The predicted octanol–water partition coefficient (Wildman–Crippen LogP) is 3.23. The molecule has 1 aliphatic heterocycles. The van der Waals surface area contributed by atoms with E-state index in [1.807, 2.05) is 0 Å². The Labute approximate surface area is 120 Å². The topological polar surface area (TPSA) is 35.5 Å². The van der Waals surface area contributed by atoms with Gasteiger partial charge in [-0.3, -0.25) is 4.79 Å². The third kappa shape index (κ3) is 2.02. The lowest BCUT2D eigenvalue weighted by molar-refractivity contribution is -0.179. The first kappa shape index (κ1) is 12.9. The highest BCUT2D eigenvalue weighted by molar-refractivity contribution is 5.74. The number of fused-ring (bicyclic) bond motifs is 2. The van der Waals surface area contributed by atoms with Gasteiger partial charge in [-0.15, -0.1) is 0 Å². The Bertz CT molecular complexity index is 416. The van der Waals surface area contributed by atoms with Gasteiger partial charge in [-0.2, -0.15) is 0 Å². The Hall–Kier alpha value is -0.830. The fourth-order valence-corrected chi connectivity index (χ4v) is 4.78. The van der Waals surface area contributed by atoms with Crippen LogP contribution in [0.3, 0.4) is 0 Å². The summed E-state index contributed by atoms with van der Waals surface area (Å²) in [6, 6.07) is 0. The first-order chi connectivity index (χ1) is 9.77. The van der Waals surface area contributed by atoms with Crippen molar-refractivity contribution >= 4 is 5.97 Å². The normalized spacial score (nSPS) is 41.4. The molecule has 2 bridgehead atoms. The number of esters is 1. The zero-order chi connectivity index (χ0) is 13.6. The molecule has 1 heterocycles. The predicted molar refractivity (Wildman–Crippen MR) is 75.1 cm³/mol. The molecule has 3 aliphatic carbocycles. The molecule has 4 atom stereocenters. The van der Waals surface area contributed by atoms with Gasteiger partial charge in [0.05, 0.1) is 12.0 Å². The molecule has 1 saturated heterocycles. The summed E-state index contributed by atoms with van der Waals surface area (Å²) >= 11 is 0. The van der Waals surface area contributed by atoms with Gasteiger partial charge in [0.25, 0.3) is 0 Å².